The van der Waals surface area contributed by atoms with Gasteiger partial charge in [-0.25, -0.2) is 0 Å². The molecule has 0 saturated heterocycles. The maximum Gasteiger partial charge on any atom is 0.0705 e. The van der Waals surface area contributed by atoms with Crippen molar-refractivity contribution in [2.75, 3.05) is 0 Å². The second-order valence-electron chi connectivity index (χ2n) is 6.80. The standard InChI is InChI=1S/C19H25N/c1-12-13(2)15(4)18(14(12)3)11-17-10-9-16-7-5-6-8-19(16)20-17/h5-10,12-15,18H,11H2,1-4H3. The molecule has 1 aliphatic rings. The summed E-state index contributed by atoms with van der Waals surface area (Å²) in [5, 5.41) is 1.24. The third-order valence-corrected chi connectivity index (χ3v) is 5.94. The summed E-state index contributed by atoms with van der Waals surface area (Å²) in [5.41, 5.74) is 2.39. The summed E-state index contributed by atoms with van der Waals surface area (Å²) in [4.78, 5) is 4.86. The third-order valence-electron chi connectivity index (χ3n) is 5.94. The number of pyridine rings is 1. The molecule has 1 aliphatic carbocycles. The van der Waals surface area contributed by atoms with Gasteiger partial charge in [-0.3, -0.25) is 4.98 Å². The number of hydrogen-bond donors (Lipinski definition) is 0. The van der Waals surface area contributed by atoms with E-state index in [4.69, 9.17) is 4.98 Å². The van der Waals surface area contributed by atoms with Crippen LogP contribution in [0.1, 0.15) is 33.4 Å². The fourth-order valence-electron chi connectivity index (χ4n) is 4.05. The molecule has 1 aromatic heterocycles. The van der Waals surface area contributed by atoms with Gasteiger partial charge in [0.05, 0.1) is 5.52 Å². The smallest absolute Gasteiger partial charge is 0.0705 e. The van der Waals surface area contributed by atoms with Crippen LogP contribution >= 0.6 is 0 Å². The minimum Gasteiger partial charge on any atom is -0.253 e. The Morgan fingerprint density at radius 2 is 1.45 bits per heavy atom. The van der Waals surface area contributed by atoms with Gasteiger partial charge in [0, 0.05) is 11.1 Å². The maximum absolute atomic E-state index is 4.86. The van der Waals surface area contributed by atoms with Crippen LogP contribution in [0.3, 0.4) is 0 Å². The average molecular weight is 267 g/mol. The van der Waals surface area contributed by atoms with Crippen molar-refractivity contribution in [2.24, 2.45) is 29.6 Å². The van der Waals surface area contributed by atoms with Crippen molar-refractivity contribution in [3.05, 3.63) is 42.1 Å². The van der Waals surface area contributed by atoms with Gasteiger partial charge in [-0.1, -0.05) is 52.0 Å². The number of nitrogens with zero attached hydrogens (tertiary/aromatic N) is 1. The van der Waals surface area contributed by atoms with Crippen LogP contribution < -0.4 is 0 Å². The Bertz CT molecular complexity index is 589. The number of benzene rings is 1. The van der Waals surface area contributed by atoms with Gasteiger partial charge in [-0.2, -0.15) is 0 Å². The lowest BCUT2D eigenvalue weighted by molar-refractivity contribution is 0.316. The highest BCUT2D eigenvalue weighted by molar-refractivity contribution is 5.78. The molecule has 106 valence electrons. The molecule has 0 amide bonds. The van der Waals surface area contributed by atoms with E-state index in [9.17, 15) is 0 Å². The number of para-hydroxylation sites is 1. The number of hydrogen-bond acceptors (Lipinski definition) is 1. The molecule has 0 bridgehead atoms. The lowest BCUT2D eigenvalue weighted by Gasteiger charge is -2.21. The van der Waals surface area contributed by atoms with E-state index in [1.54, 1.807) is 0 Å². The van der Waals surface area contributed by atoms with E-state index >= 15 is 0 Å². The Balaban J connectivity index is 1.86. The monoisotopic (exact) mass is 267 g/mol. The highest BCUT2D eigenvalue weighted by Crippen LogP contribution is 2.46. The van der Waals surface area contributed by atoms with Crippen molar-refractivity contribution in [2.45, 2.75) is 34.1 Å². The van der Waals surface area contributed by atoms with Crippen LogP contribution in [-0.2, 0) is 6.42 Å². The Morgan fingerprint density at radius 1 is 0.800 bits per heavy atom. The minimum absolute atomic E-state index is 0.772. The van der Waals surface area contributed by atoms with E-state index < -0.39 is 0 Å². The molecule has 1 saturated carbocycles. The third kappa shape index (κ3) is 2.24. The molecule has 4 atom stereocenters. The molecule has 0 aliphatic heterocycles. The largest absolute Gasteiger partial charge is 0.253 e. The van der Waals surface area contributed by atoms with E-state index in [1.165, 1.54) is 11.1 Å². The quantitative estimate of drug-likeness (QED) is 0.750. The molecule has 1 heteroatoms. The van der Waals surface area contributed by atoms with Gasteiger partial charge in [0.1, 0.15) is 0 Å². The zero-order valence-corrected chi connectivity index (χ0v) is 13.0. The SMILES string of the molecule is CC1C(C)C(C)C(Cc2ccc3ccccc3n2)C1C. The molecular formula is C19H25N. The lowest BCUT2D eigenvalue weighted by Crippen LogP contribution is -2.16. The van der Waals surface area contributed by atoms with E-state index in [1.807, 2.05) is 0 Å². The summed E-state index contributed by atoms with van der Waals surface area (Å²) in [6.45, 7) is 9.69. The van der Waals surface area contributed by atoms with Gasteiger partial charge < -0.3 is 0 Å². The first-order chi connectivity index (χ1) is 9.58. The number of aromatic nitrogens is 1. The van der Waals surface area contributed by atoms with Crippen LogP contribution in [0.5, 0.6) is 0 Å². The van der Waals surface area contributed by atoms with Crippen LogP contribution in [0.25, 0.3) is 10.9 Å². The van der Waals surface area contributed by atoms with Crippen LogP contribution in [0.2, 0.25) is 0 Å². The van der Waals surface area contributed by atoms with Crippen molar-refractivity contribution >= 4 is 10.9 Å². The second kappa shape index (κ2) is 5.20. The van der Waals surface area contributed by atoms with E-state index in [-0.39, 0.29) is 0 Å². The normalized spacial score (nSPS) is 33.7. The summed E-state index contributed by atoms with van der Waals surface area (Å²) in [6.07, 6.45) is 1.13. The zero-order valence-electron chi connectivity index (χ0n) is 13.0. The number of rotatable bonds is 2. The van der Waals surface area contributed by atoms with Gasteiger partial charge >= 0.3 is 0 Å². The van der Waals surface area contributed by atoms with Crippen molar-refractivity contribution in [1.29, 1.82) is 0 Å². The first-order valence-corrected chi connectivity index (χ1v) is 7.92. The van der Waals surface area contributed by atoms with Crippen LogP contribution in [-0.4, -0.2) is 4.98 Å². The topological polar surface area (TPSA) is 12.9 Å². The molecule has 1 heterocycles. The van der Waals surface area contributed by atoms with Crippen molar-refractivity contribution in [1.82, 2.24) is 4.98 Å². The van der Waals surface area contributed by atoms with E-state index in [0.29, 0.717) is 0 Å². The summed E-state index contributed by atoms with van der Waals surface area (Å²) in [5.74, 6) is 4.03. The first kappa shape index (κ1) is 13.6. The van der Waals surface area contributed by atoms with E-state index in [2.05, 4.69) is 64.1 Å². The Hall–Kier alpha value is -1.37. The van der Waals surface area contributed by atoms with Gasteiger partial charge in [0.15, 0.2) is 0 Å². The van der Waals surface area contributed by atoms with Gasteiger partial charge in [-0.15, -0.1) is 0 Å². The Kier molecular flexibility index (Phi) is 3.54. The molecule has 3 rings (SSSR count). The average Bonchev–Trinajstić information content (AvgIpc) is 2.65. The first-order valence-electron chi connectivity index (χ1n) is 7.92. The molecule has 2 aromatic rings. The molecular weight excluding hydrogens is 242 g/mol. The van der Waals surface area contributed by atoms with Crippen molar-refractivity contribution in [3.63, 3.8) is 0 Å². The molecule has 0 spiro atoms. The number of fused-ring (bicyclic) bond motifs is 1. The van der Waals surface area contributed by atoms with Gasteiger partial charge in [0.25, 0.3) is 0 Å². The predicted molar refractivity (Wildman–Crippen MR) is 85.6 cm³/mol. The lowest BCUT2D eigenvalue weighted by atomic mass is 9.85. The zero-order chi connectivity index (χ0) is 14.3. The summed E-state index contributed by atoms with van der Waals surface area (Å²) >= 11 is 0. The van der Waals surface area contributed by atoms with Crippen LogP contribution in [0.4, 0.5) is 0 Å². The fraction of sp³-hybridized carbons (Fsp3) is 0.526. The Morgan fingerprint density at radius 3 is 2.15 bits per heavy atom. The maximum atomic E-state index is 4.86. The molecule has 1 aromatic carbocycles. The van der Waals surface area contributed by atoms with Crippen LogP contribution in [0, 0.1) is 29.6 Å². The molecule has 1 fully saturated rings. The van der Waals surface area contributed by atoms with Gasteiger partial charge in [0.2, 0.25) is 0 Å². The predicted octanol–water partition coefficient (Wildman–Crippen LogP) is 4.95. The molecule has 1 nitrogen and oxygen atoms in total. The fourth-order valence-corrected chi connectivity index (χ4v) is 4.05. The van der Waals surface area contributed by atoms with Crippen molar-refractivity contribution in [3.8, 4) is 0 Å². The summed E-state index contributed by atoms with van der Waals surface area (Å²) < 4.78 is 0. The highest BCUT2D eigenvalue weighted by Gasteiger charge is 2.41. The molecule has 20 heavy (non-hydrogen) atoms. The Labute approximate surface area is 122 Å². The molecule has 0 radical (unpaired) electrons. The molecule has 0 N–H and O–H groups in total. The van der Waals surface area contributed by atoms with Crippen LogP contribution in [0.15, 0.2) is 36.4 Å². The van der Waals surface area contributed by atoms with E-state index in [0.717, 1.165) is 41.5 Å². The molecule has 4 unspecified atom stereocenters. The summed E-state index contributed by atoms with van der Waals surface area (Å²) in [6, 6.07) is 12.8. The summed E-state index contributed by atoms with van der Waals surface area (Å²) in [7, 11) is 0. The van der Waals surface area contributed by atoms with Crippen molar-refractivity contribution < 1.29 is 0 Å². The highest BCUT2D eigenvalue weighted by atomic mass is 14.7. The second-order valence-corrected chi connectivity index (χ2v) is 6.80. The minimum atomic E-state index is 0.772. The van der Waals surface area contributed by atoms with Gasteiger partial charge in [-0.05, 0) is 48.1 Å².